The molecule has 0 aliphatic carbocycles. The lowest BCUT2D eigenvalue weighted by Gasteiger charge is -2.27. The molecular weight excluding hydrogens is 336 g/mol. The third kappa shape index (κ3) is 4.11. The third-order valence-electron chi connectivity index (χ3n) is 3.71. The molecule has 1 saturated heterocycles. The van der Waals surface area contributed by atoms with Crippen LogP contribution in [-0.4, -0.2) is 74.5 Å². The van der Waals surface area contributed by atoms with Crippen LogP contribution in [0.4, 0.5) is 0 Å². The van der Waals surface area contributed by atoms with E-state index >= 15 is 0 Å². The van der Waals surface area contributed by atoms with E-state index in [1.807, 2.05) is 0 Å². The van der Waals surface area contributed by atoms with E-state index in [0.29, 0.717) is 13.2 Å². The molecule has 1 fully saturated rings. The molecule has 0 spiro atoms. The van der Waals surface area contributed by atoms with Gasteiger partial charge in [0.1, 0.15) is 0 Å². The second-order valence-corrected chi connectivity index (χ2v) is 7.29. The Bertz CT molecular complexity index is 712. The second-order valence-electron chi connectivity index (χ2n) is 5.38. The van der Waals surface area contributed by atoms with E-state index in [9.17, 15) is 18.0 Å². The maximum absolute atomic E-state index is 12.8. The quantitative estimate of drug-likeness (QED) is 0.784. The van der Waals surface area contributed by atoms with Crippen LogP contribution >= 0.6 is 0 Å². The standard InChI is InChI=1S/C15H20N2O6S/c1-16(7-6-14(18)19)15(20)12-4-2-3-5-13(12)24(21,22)17-8-10-23-11-9-17/h2-5H,6-11H2,1H3,(H,18,19). The van der Waals surface area contributed by atoms with Gasteiger partial charge < -0.3 is 14.7 Å². The van der Waals surface area contributed by atoms with E-state index in [0.717, 1.165) is 0 Å². The van der Waals surface area contributed by atoms with Crippen LogP contribution in [0.25, 0.3) is 0 Å². The van der Waals surface area contributed by atoms with Crippen molar-refractivity contribution in [2.75, 3.05) is 39.9 Å². The van der Waals surface area contributed by atoms with Gasteiger partial charge in [0.15, 0.2) is 0 Å². The van der Waals surface area contributed by atoms with Crippen LogP contribution in [0.5, 0.6) is 0 Å². The number of hydrogen-bond donors (Lipinski definition) is 1. The van der Waals surface area contributed by atoms with Crippen molar-refractivity contribution < 1.29 is 27.9 Å². The Hall–Kier alpha value is -1.97. The van der Waals surface area contributed by atoms with E-state index in [1.54, 1.807) is 12.1 Å². The molecule has 24 heavy (non-hydrogen) atoms. The Kier molecular flexibility index (Phi) is 5.92. The zero-order valence-electron chi connectivity index (χ0n) is 13.3. The zero-order valence-corrected chi connectivity index (χ0v) is 14.2. The summed E-state index contributed by atoms with van der Waals surface area (Å²) in [6.45, 7) is 1.10. The summed E-state index contributed by atoms with van der Waals surface area (Å²) >= 11 is 0. The SMILES string of the molecule is CN(CCC(=O)O)C(=O)c1ccccc1S(=O)(=O)N1CCOCC1. The molecule has 2 rings (SSSR count). The van der Waals surface area contributed by atoms with E-state index in [-0.39, 0.29) is 36.5 Å². The van der Waals surface area contributed by atoms with Crippen LogP contribution in [0.1, 0.15) is 16.8 Å². The molecule has 0 unspecified atom stereocenters. The number of benzene rings is 1. The van der Waals surface area contributed by atoms with Gasteiger partial charge in [0.05, 0.1) is 30.1 Å². The van der Waals surface area contributed by atoms with Gasteiger partial charge in [0.2, 0.25) is 10.0 Å². The molecule has 1 heterocycles. The fraction of sp³-hybridized carbons (Fsp3) is 0.467. The number of amides is 1. The van der Waals surface area contributed by atoms with Gasteiger partial charge in [-0.25, -0.2) is 8.42 Å². The summed E-state index contributed by atoms with van der Waals surface area (Å²) in [7, 11) is -2.37. The molecule has 0 atom stereocenters. The average Bonchev–Trinajstić information content (AvgIpc) is 2.59. The first kappa shape index (κ1) is 18.4. The van der Waals surface area contributed by atoms with Gasteiger partial charge in [-0.1, -0.05) is 12.1 Å². The molecular formula is C15H20N2O6S. The lowest BCUT2D eigenvalue weighted by atomic mass is 10.2. The Morgan fingerprint density at radius 1 is 1.25 bits per heavy atom. The first-order valence-corrected chi connectivity index (χ1v) is 8.92. The van der Waals surface area contributed by atoms with E-state index < -0.39 is 21.9 Å². The Morgan fingerprint density at radius 2 is 1.88 bits per heavy atom. The predicted octanol–water partition coefficient (Wildman–Crippen LogP) is 0.254. The highest BCUT2D eigenvalue weighted by Crippen LogP contribution is 2.22. The van der Waals surface area contributed by atoms with E-state index in [4.69, 9.17) is 9.84 Å². The van der Waals surface area contributed by atoms with Gasteiger partial charge >= 0.3 is 5.97 Å². The number of morpholine rings is 1. The first-order chi connectivity index (χ1) is 11.3. The van der Waals surface area contributed by atoms with Gasteiger partial charge in [-0.3, -0.25) is 9.59 Å². The van der Waals surface area contributed by atoms with Crippen LogP contribution < -0.4 is 0 Å². The topological polar surface area (TPSA) is 104 Å². The summed E-state index contributed by atoms with van der Waals surface area (Å²) in [6, 6.07) is 5.97. The Balaban J connectivity index is 2.29. The lowest BCUT2D eigenvalue weighted by molar-refractivity contribution is -0.137. The van der Waals surface area contributed by atoms with Crippen LogP contribution in [0, 0.1) is 0 Å². The number of rotatable bonds is 6. The molecule has 1 N–H and O–H groups in total. The predicted molar refractivity (Wildman–Crippen MR) is 85.2 cm³/mol. The van der Waals surface area contributed by atoms with Crippen molar-refractivity contribution in [2.24, 2.45) is 0 Å². The van der Waals surface area contributed by atoms with Crippen molar-refractivity contribution >= 4 is 21.9 Å². The highest BCUT2D eigenvalue weighted by atomic mass is 32.2. The summed E-state index contributed by atoms with van der Waals surface area (Å²) in [5, 5.41) is 8.72. The molecule has 1 aliphatic heterocycles. The summed E-state index contributed by atoms with van der Waals surface area (Å²) in [6.07, 6.45) is -0.208. The molecule has 132 valence electrons. The maximum Gasteiger partial charge on any atom is 0.305 e. The number of sulfonamides is 1. The van der Waals surface area contributed by atoms with Crippen molar-refractivity contribution in [3.05, 3.63) is 29.8 Å². The number of nitrogens with zero attached hydrogens (tertiary/aromatic N) is 2. The highest BCUT2D eigenvalue weighted by Gasteiger charge is 2.30. The van der Waals surface area contributed by atoms with Crippen molar-refractivity contribution in [3.8, 4) is 0 Å². The molecule has 1 amide bonds. The zero-order chi connectivity index (χ0) is 17.7. The molecule has 0 saturated carbocycles. The minimum atomic E-state index is -3.81. The molecule has 8 nitrogen and oxygen atoms in total. The van der Waals surface area contributed by atoms with Gasteiger partial charge in [0, 0.05) is 26.7 Å². The summed E-state index contributed by atoms with van der Waals surface area (Å²) in [5.41, 5.74) is 0.0388. The van der Waals surface area contributed by atoms with Crippen molar-refractivity contribution in [1.82, 2.24) is 9.21 Å². The molecule has 1 aromatic rings. The largest absolute Gasteiger partial charge is 0.481 e. The third-order valence-corrected chi connectivity index (χ3v) is 5.67. The normalized spacial score (nSPS) is 15.9. The number of carboxylic acids is 1. The number of carbonyl (C=O) groups is 2. The van der Waals surface area contributed by atoms with Crippen molar-refractivity contribution in [1.29, 1.82) is 0 Å². The van der Waals surface area contributed by atoms with E-state index in [2.05, 4.69) is 0 Å². The highest BCUT2D eigenvalue weighted by molar-refractivity contribution is 7.89. The minimum absolute atomic E-state index is 0.000102. The number of carbonyl (C=O) groups excluding carboxylic acids is 1. The number of carboxylic acid groups (broad SMARTS) is 1. The summed E-state index contributed by atoms with van der Waals surface area (Å²) in [5.74, 6) is -1.55. The molecule has 0 radical (unpaired) electrons. The first-order valence-electron chi connectivity index (χ1n) is 7.48. The number of aliphatic carboxylic acids is 1. The molecule has 0 aromatic heterocycles. The summed E-state index contributed by atoms with van der Waals surface area (Å²) < 4.78 is 32.1. The van der Waals surface area contributed by atoms with Crippen LogP contribution in [0.2, 0.25) is 0 Å². The van der Waals surface area contributed by atoms with Crippen LogP contribution in [0.15, 0.2) is 29.2 Å². The monoisotopic (exact) mass is 356 g/mol. The van der Waals surface area contributed by atoms with Crippen LogP contribution in [-0.2, 0) is 19.6 Å². The van der Waals surface area contributed by atoms with Gasteiger partial charge in [0.25, 0.3) is 5.91 Å². The second kappa shape index (κ2) is 7.73. The fourth-order valence-corrected chi connectivity index (χ4v) is 3.96. The number of hydrogen-bond acceptors (Lipinski definition) is 5. The molecule has 1 aliphatic rings. The van der Waals surface area contributed by atoms with Gasteiger partial charge in [-0.05, 0) is 12.1 Å². The van der Waals surface area contributed by atoms with Crippen molar-refractivity contribution in [3.63, 3.8) is 0 Å². The Labute approximate surface area is 140 Å². The maximum atomic E-state index is 12.8. The van der Waals surface area contributed by atoms with Crippen molar-refractivity contribution in [2.45, 2.75) is 11.3 Å². The number of ether oxygens (including phenoxy) is 1. The Morgan fingerprint density at radius 3 is 2.50 bits per heavy atom. The van der Waals surface area contributed by atoms with E-state index in [1.165, 1.54) is 28.4 Å². The fourth-order valence-electron chi connectivity index (χ4n) is 2.36. The summed E-state index contributed by atoms with van der Waals surface area (Å²) in [4.78, 5) is 24.3. The van der Waals surface area contributed by atoms with Gasteiger partial charge in [-0.15, -0.1) is 0 Å². The lowest BCUT2D eigenvalue weighted by Crippen LogP contribution is -2.41. The molecule has 0 bridgehead atoms. The van der Waals surface area contributed by atoms with Gasteiger partial charge in [-0.2, -0.15) is 4.31 Å². The molecule has 1 aromatic carbocycles. The minimum Gasteiger partial charge on any atom is -0.481 e. The smallest absolute Gasteiger partial charge is 0.305 e. The van der Waals surface area contributed by atoms with Crippen LogP contribution in [0.3, 0.4) is 0 Å². The average molecular weight is 356 g/mol. The molecule has 9 heteroatoms.